The van der Waals surface area contributed by atoms with Crippen molar-refractivity contribution in [1.82, 2.24) is 5.32 Å². The van der Waals surface area contributed by atoms with Crippen LogP contribution in [0.1, 0.15) is 65.2 Å². The molecule has 2 rings (SSSR count). The predicted octanol–water partition coefficient (Wildman–Crippen LogP) is 2.87. The highest BCUT2D eigenvalue weighted by atomic mass is 16.3. The highest BCUT2D eigenvalue weighted by Gasteiger charge is 2.30. The second-order valence-electron chi connectivity index (χ2n) is 7.39. The zero-order chi connectivity index (χ0) is 13.9. The van der Waals surface area contributed by atoms with Crippen molar-refractivity contribution in [2.24, 2.45) is 17.3 Å². The van der Waals surface area contributed by atoms with Gasteiger partial charge in [0.05, 0.1) is 6.10 Å². The van der Waals surface area contributed by atoms with Gasteiger partial charge in [-0.25, -0.2) is 0 Å². The lowest BCUT2D eigenvalue weighted by atomic mass is 9.71. The van der Waals surface area contributed by atoms with Gasteiger partial charge in [0.25, 0.3) is 0 Å². The van der Waals surface area contributed by atoms with Crippen molar-refractivity contribution in [1.29, 1.82) is 0 Å². The Morgan fingerprint density at radius 2 is 2.05 bits per heavy atom. The maximum atomic E-state index is 12.0. The van der Waals surface area contributed by atoms with Gasteiger partial charge in [-0.1, -0.05) is 26.7 Å². The van der Waals surface area contributed by atoms with E-state index in [4.69, 9.17) is 0 Å². The van der Waals surface area contributed by atoms with E-state index < -0.39 is 0 Å². The third-order valence-electron chi connectivity index (χ3n) is 4.96. The van der Waals surface area contributed by atoms with E-state index >= 15 is 0 Å². The van der Waals surface area contributed by atoms with Crippen molar-refractivity contribution in [3.05, 3.63) is 0 Å². The van der Waals surface area contributed by atoms with Gasteiger partial charge >= 0.3 is 0 Å². The molecule has 0 heterocycles. The number of carbonyl (C=O) groups excluding carboxylic acids is 1. The van der Waals surface area contributed by atoms with Gasteiger partial charge in [0, 0.05) is 18.9 Å². The molecule has 0 radical (unpaired) electrons. The van der Waals surface area contributed by atoms with E-state index in [1.165, 1.54) is 25.7 Å². The Morgan fingerprint density at radius 1 is 1.26 bits per heavy atom. The summed E-state index contributed by atoms with van der Waals surface area (Å²) in [5.74, 6) is 1.02. The van der Waals surface area contributed by atoms with Crippen LogP contribution in [-0.4, -0.2) is 23.7 Å². The number of hydrogen-bond acceptors (Lipinski definition) is 2. The molecule has 3 heteroatoms. The summed E-state index contributed by atoms with van der Waals surface area (Å²) in [5, 5.41) is 12.8. The molecule has 0 bridgehead atoms. The largest absolute Gasteiger partial charge is 0.393 e. The van der Waals surface area contributed by atoms with Crippen LogP contribution >= 0.6 is 0 Å². The normalized spacial score (nSPS) is 34.2. The first kappa shape index (κ1) is 14.8. The van der Waals surface area contributed by atoms with Crippen molar-refractivity contribution >= 4 is 5.91 Å². The first-order valence-electron chi connectivity index (χ1n) is 7.91. The molecule has 2 saturated carbocycles. The summed E-state index contributed by atoms with van der Waals surface area (Å²) in [6.45, 7) is 5.29. The fourth-order valence-corrected chi connectivity index (χ4v) is 3.86. The summed E-state index contributed by atoms with van der Waals surface area (Å²) < 4.78 is 0. The van der Waals surface area contributed by atoms with Crippen molar-refractivity contribution in [2.75, 3.05) is 6.54 Å². The second kappa shape index (κ2) is 6.25. The summed E-state index contributed by atoms with van der Waals surface area (Å²) in [7, 11) is 0. The number of aliphatic hydroxyl groups excluding tert-OH is 1. The molecule has 1 amide bonds. The van der Waals surface area contributed by atoms with Gasteiger partial charge in [0.1, 0.15) is 0 Å². The SMILES string of the molecule is CC1(C)CCCC(CC(=O)NCC2CCCC2O)C1. The first-order chi connectivity index (χ1) is 8.96. The summed E-state index contributed by atoms with van der Waals surface area (Å²) >= 11 is 0. The van der Waals surface area contributed by atoms with E-state index in [1.54, 1.807) is 0 Å². The molecule has 0 spiro atoms. The number of hydrogen-bond donors (Lipinski definition) is 2. The standard InChI is InChI=1S/C16H29NO2/c1-16(2)8-4-5-12(10-16)9-15(19)17-11-13-6-3-7-14(13)18/h12-14,18H,3-11H2,1-2H3,(H,17,19). The van der Waals surface area contributed by atoms with Crippen LogP contribution in [0.5, 0.6) is 0 Å². The monoisotopic (exact) mass is 267 g/mol. The Kier molecular flexibility index (Phi) is 4.88. The minimum atomic E-state index is -0.200. The molecule has 0 saturated heterocycles. The predicted molar refractivity (Wildman–Crippen MR) is 76.7 cm³/mol. The fraction of sp³-hybridized carbons (Fsp3) is 0.938. The summed E-state index contributed by atoms with van der Waals surface area (Å²) in [5.41, 5.74) is 0.408. The zero-order valence-electron chi connectivity index (χ0n) is 12.5. The van der Waals surface area contributed by atoms with Crippen LogP contribution in [-0.2, 0) is 4.79 Å². The van der Waals surface area contributed by atoms with Gasteiger partial charge in [-0.2, -0.15) is 0 Å². The van der Waals surface area contributed by atoms with Crippen LogP contribution in [0, 0.1) is 17.3 Å². The summed E-state index contributed by atoms with van der Waals surface area (Å²) in [4.78, 5) is 12.0. The Morgan fingerprint density at radius 3 is 2.68 bits per heavy atom. The number of rotatable bonds is 4. The van der Waals surface area contributed by atoms with Crippen molar-refractivity contribution in [2.45, 2.75) is 71.3 Å². The minimum absolute atomic E-state index is 0.182. The summed E-state index contributed by atoms with van der Waals surface area (Å²) in [6, 6.07) is 0. The van der Waals surface area contributed by atoms with Crippen LogP contribution in [0.4, 0.5) is 0 Å². The van der Waals surface area contributed by atoms with Gasteiger partial charge in [-0.3, -0.25) is 4.79 Å². The Balaban J connectivity index is 1.69. The lowest BCUT2D eigenvalue weighted by molar-refractivity contribution is -0.122. The molecule has 3 unspecified atom stereocenters. The van der Waals surface area contributed by atoms with Gasteiger partial charge in [0.15, 0.2) is 0 Å². The van der Waals surface area contributed by atoms with E-state index in [-0.39, 0.29) is 17.9 Å². The fourth-order valence-electron chi connectivity index (χ4n) is 3.86. The van der Waals surface area contributed by atoms with Gasteiger partial charge in [-0.15, -0.1) is 0 Å². The molecule has 19 heavy (non-hydrogen) atoms. The van der Waals surface area contributed by atoms with Crippen LogP contribution in [0.2, 0.25) is 0 Å². The smallest absolute Gasteiger partial charge is 0.220 e. The maximum absolute atomic E-state index is 12.0. The lowest BCUT2D eigenvalue weighted by Crippen LogP contribution is -2.34. The Hall–Kier alpha value is -0.570. The van der Waals surface area contributed by atoms with Crippen LogP contribution in [0.3, 0.4) is 0 Å². The van der Waals surface area contributed by atoms with E-state index in [0.29, 0.717) is 24.3 Å². The summed E-state index contributed by atoms with van der Waals surface area (Å²) in [6.07, 6.45) is 8.44. The van der Waals surface area contributed by atoms with E-state index in [0.717, 1.165) is 19.3 Å². The quantitative estimate of drug-likeness (QED) is 0.823. The van der Waals surface area contributed by atoms with Crippen molar-refractivity contribution in [3.8, 4) is 0 Å². The molecule has 2 N–H and O–H groups in total. The number of nitrogens with one attached hydrogen (secondary N) is 1. The van der Waals surface area contributed by atoms with Crippen LogP contribution in [0.15, 0.2) is 0 Å². The lowest BCUT2D eigenvalue weighted by Gasteiger charge is -2.35. The Labute approximate surface area is 117 Å². The molecule has 3 atom stereocenters. The third kappa shape index (κ3) is 4.48. The number of carbonyl (C=O) groups is 1. The topological polar surface area (TPSA) is 49.3 Å². The molecule has 3 nitrogen and oxygen atoms in total. The number of aliphatic hydroxyl groups is 1. The second-order valence-corrected chi connectivity index (χ2v) is 7.39. The van der Waals surface area contributed by atoms with Crippen LogP contribution in [0.25, 0.3) is 0 Å². The van der Waals surface area contributed by atoms with Gasteiger partial charge in [-0.05, 0) is 43.4 Å². The molecule has 2 fully saturated rings. The highest BCUT2D eigenvalue weighted by Crippen LogP contribution is 2.39. The molecule has 0 aromatic carbocycles. The van der Waals surface area contributed by atoms with Gasteiger partial charge in [0.2, 0.25) is 5.91 Å². The van der Waals surface area contributed by atoms with E-state index in [9.17, 15) is 9.90 Å². The third-order valence-corrected chi connectivity index (χ3v) is 4.96. The zero-order valence-corrected chi connectivity index (χ0v) is 12.5. The van der Waals surface area contributed by atoms with E-state index in [1.807, 2.05) is 0 Å². The van der Waals surface area contributed by atoms with Gasteiger partial charge < -0.3 is 10.4 Å². The minimum Gasteiger partial charge on any atom is -0.393 e. The molecule has 2 aliphatic carbocycles. The average Bonchev–Trinajstić information content (AvgIpc) is 2.71. The molecule has 0 aromatic rings. The average molecular weight is 267 g/mol. The van der Waals surface area contributed by atoms with Crippen LogP contribution < -0.4 is 5.32 Å². The Bertz CT molecular complexity index is 314. The van der Waals surface area contributed by atoms with Crippen molar-refractivity contribution in [3.63, 3.8) is 0 Å². The molecule has 110 valence electrons. The molecule has 2 aliphatic rings. The number of amides is 1. The van der Waals surface area contributed by atoms with E-state index in [2.05, 4.69) is 19.2 Å². The molecule has 0 aromatic heterocycles. The first-order valence-corrected chi connectivity index (χ1v) is 7.91. The van der Waals surface area contributed by atoms with Crippen molar-refractivity contribution < 1.29 is 9.90 Å². The highest BCUT2D eigenvalue weighted by molar-refractivity contribution is 5.76. The molecular formula is C16H29NO2. The molecular weight excluding hydrogens is 238 g/mol. The maximum Gasteiger partial charge on any atom is 0.220 e. The molecule has 0 aliphatic heterocycles.